The van der Waals surface area contributed by atoms with Crippen molar-refractivity contribution in [2.75, 3.05) is 14.1 Å². The summed E-state index contributed by atoms with van der Waals surface area (Å²) in [6.45, 7) is 0. The molecule has 1 saturated heterocycles. The van der Waals surface area contributed by atoms with Crippen LogP contribution in [0.1, 0.15) is 35.1 Å². The largest absolute Gasteiger partial charge is 0.332 e. The summed E-state index contributed by atoms with van der Waals surface area (Å²) < 4.78 is 56.5. The fourth-order valence-electron chi connectivity index (χ4n) is 6.24. The van der Waals surface area contributed by atoms with Crippen LogP contribution in [0.3, 0.4) is 0 Å². The number of hydrogen-bond donors (Lipinski definition) is 2. The number of rotatable bonds is 10. The molecule has 0 unspecified atom stereocenters. The average molecular weight is 653 g/mol. The molecule has 1 fully saturated rings. The van der Waals surface area contributed by atoms with Gasteiger partial charge in [-0.15, -0.1) is 0 Å². The summed E-state index contributed by atoms with van der Waals surface area (Å²) in [5.74, 6) is -4.95. The third-order valence-electron chi connectivity index (χ3n) is 8.66. The van der Waals surface area contributed by atoms with E-state index in [-0.39, 0.29) is 22.3 Å². The first-order chi connectivity index (χ1) is 22.3. The number of halogens is 4. The van der Waals surface area contributed by atoms with Crippen molar-refractivity contribution in [2.45, 2.75) is 24.0 Å². The van der Waals surface area contributed by atoms with Crippen LogP contribution in [0.2, 0.25) is 0 Å². The summed E-state index contributed by atoms with van der Waals surface area (Å²) in [6.07, 6.45) is -1.69. The van der Waals surface area contributed by atoms with E-state index in [1.165, 1.54) is 48.5 Å². The SMILES string of the molecule is CN1C(=O)N(C)C(=O)C(CC(OO)(c2ccc(F)cc2)c2ccc(F)cc2)(CC(OO)(c2ccc(F)cc2)c2ccc(F)cc2)C1=O. The second kappa shape index (κ2) is 12.7. The molecule has 5 rings (SSSR count). The van der Waals surface area contributed by atoms with E-state index in [4.69, 9.17) is 9.78 Å². The van der Waals surface area contributed by atoms with Crippen molar-refractivity contribution in [3.05, 3.63) is 143 Å². The zero-order valence-corrected chi connectivity index (χ0v) is 25.0. The van der Waals surface area contributed by atoms with Gasteiger partial charge in [0.15, 0.2) is 11.2 Å². The van der Waals surface area contributed by atoms with Gasteiger partial charge in [0.1, 0.15) is 28.7 Å². The van der Waals surface area contributed by atoms with Crippen LogP contribution in [0.4, 0.5) is 22.4 Å². The van der Waals surface area contributed by atoms with Crippen molar-refractivity contribution in [3.63, 3.8) is 0 Å². The van der Waals surface area contributed by atoms with Crippen LogP contribution < -0.4 is 0 Å². The predicted octanol–water partition coefficient (Wildman–Crippen LogP) is 6.23. The summed E-state index contributed by atoms with van der Waals surface area (Å²) in [5, 5.41) is 21.4. The Morgan fingerprint density at radius 2 is 0.766 bits per heavy atom. The summed E-state index contributed by atoms with van der Waals surface area (Å²) in [4.78, 5) is 53.5. The maximum absolute atomic E-state index is 14.5. The molecule has 244 valence electrons. The summed E-state index contributed by atoms with van der Waals surface area (Å²) in [6, 6.07) is 17.0. The lowest BCUT2D eigenvalue weighted by molar-refractivity contribution is -0.333. The molecular weight excluding hydrogens is 624 g/mol. The molecule has 4 aromatic rings. The molecule has 0 saturated carbocycles. The van der Waals surface area contributed by atoms with Gasteiger partial charge < -0.3 is 0 Å². The number of nitrogens with zero attached hydrogens (tertiary/aromatic N) is 2. The second-order valence-electron chi connectivity index (χ2n) is 11.3. The van der Waals surface area contributed by atoms with Crippen LogP contribution in [-0.2, 0) is 30.6 Å². The van der Waals surface area contributed by atoms with E-state index in [9.17, 15) is 42.5 Å². The Labute approximate surface area is 266 Å². The Balaban J connectivity index is 1.85. The molecule has 0 radical (unpaired) electrons. The smallest absolute Gasteiger partial charge is 0.273 e. The fourth-order valence-corrected chi connectivity index (χ4v) is 6.24. The molecule has 4 aromatic carbocycles. The molecule has 13 heteroatoms. The lowest BCUT2D eigenvalue weighted by atomic mass is 9.63. The molecule has 1 heterocycles. The molecule has 0 spiro atoms. The van der Waals surface area contributed by atoms with Gasteiger partial charge in [-0.05, 0) is 70.8 Å². The zero-order chi connectivity index (χ0) is 34.1. The van der Waals surface area contributed by atoms with Gasteiger partial charge in [0.25, 0.3) is 0 Å². The van der Waals surface area contributed by atoms with Gasteiger partial charge in [-0.1, -0.05) is 48.5 Å². The predicted molar refractivity (Wildman–Crippen MR) is 157 cm³/mol. The number of urea groups is 1. The first kappa shape index (κ1) is 33.4. The summed E-state index contributed by atoms with van der Waals surface area (Å²) >= 11 is 0. The minimum atomic E-state index is -2.51. The Morgan fingerprint density at radius 3 is 0.979 bits per heavy atom. The van der Waals surface area contributed by atoms with E-state index in [0.717, 1.165) is 62.6 Å². The number of carbonyl (C=O) groups is 3. The van der Waals surface area contributed by atoms with Crippen molar-refractivity contribution in [2.24, 2.45) is 5.41 Å². The maximum atomic E-state index is 14.5. The number of benzene rings is 4. The third-order valence-corrected chi connectivity index (χ3v) is 8.66. The molecule has 0 bridgehead atoms. The topological polar surface area (TPSA) is 117 Å². The molecule has 9 nitrogen and oxygen atoms in total. The second-order valence-corrected chi connectivity index (χ2v) is 11.3. The van der Waals surface area contributed by atoms with Gasteiger partial charge in [0.2, 0.25) is 11.8 Å². The van der Waals surface area contributed by atoms with Crippen LogP contribution in [0.15, 0.2) is 97.1 Å². The summed E-state index contributed by atoms with van der Waals surface area (Å²) in [7, 11) is 2.22. The minimum absolute atomic E-state index is 0.00858. The zero-order valence-electron chi connectivity index (χ0n) is 25.0. The molecule has 0 aromatic heterocycles. The molecular formula is C34H28F4N2O7. The van der Waals surface area contributed by atoms with Crippen molar-refractivity contribution in [3.8, 4) is 0 Å². The normalized spacial score (nSPS) is 15.4. The molecule has 4 amide bonds. The average Bonchev–Trinajstić information content (AvgIpc) is 3.08. The highest BCUT2D eigenvalue weighted by Gasteiger charge is 2.63. The fraction of sp³-hybridized carbons (Fsp3) is 0.206. The highest BCUT2D eigenvalue weighted by atomic mass is 19.1. The standard InChI is InChI=1S/C34H28F4N2O7/c1-39-29(41)32(30(42)40(2)31(39)43,19-33(46-44,21-3-11-25(35)12-4-21)22-5-13-26(36)14-6-22)20-34(47-45,23-7-15-27(37)16-8-23)24-9-17-28(38)18-10-24/h3-18,44-45H,19-20H2,1-2H3. The van der Waals surface area contributed by atoms with Gasteiger partial charge >= 0.3 is 6.03 Å². The number of carbonyl (C=O) groups excluding carboxylic acids is 3. The van der Waals surface area contributed by atoms with Crippen molar-refractivity contribution in [1.82, 2.24) is 9.80 Å². The maximum Gasteiger partial charge on any atom is 0.332 e. The van der Waals surface area contributed by atoms with E-state index in [0.29, 0.717) is 9.80 Å². The molecule has 2 N–H and O–H groups in total. The lowest BCUT2D eigenvalue weighted by Crippen LogP contribution is -2.66. The third kappa shape index (κ3) is 5.67. The highest BCUT2D eigenvalue weighted by molar-refractivity contribution is 6.19. The molecule has 0 aliphatic carbocycles. The van der Waals surface area contributed by atoms with Crippen LogP contribution in [0.5, 0.6) is 0 Å². The van der Waals surface area contributed by atoms with E-state index < -0.39 is 70.6 Å². The van der Waals surface area contributed by atoms with Crippen LogP contribution in [-0.4, -0.2) is 52.3 Å². The van der Waals surface area contributed by atoms with Crippen molar-refractivity contribution < 1.29 is 52.2 Å². The Hall–Kier alpha value is -4.95. The Morgan fingerprint density at radius 1 is 0.532 bits per heavy atom. The van der Waals surface area contributed by atoms with Crippen LogP contribution in [0.25, 0.3) is 0 Å². The highest BCUT2D eigenvalue weighted by Crippen LogP contribution is 2.53. The number of imide groups is 2. The first-order valence-electron chi connectivity index (χ1n) is 14.1. The number of amides is 4. The Bertz CT molecular complexity index is 1560. The van der Waals surface area contributed by atoms with E-state index >= 15 is 0 Å². The quantitative estimate of drug-likeness (QED) is 0.0904. The molecule has 0 atom stereocenters. The number of barbiturate groups is 1. The van der Waals surface area contributed by atoms with E-state index in [1.54, 1.807) is 0 Å². The van der Waals surface area contributed by atoms with Crippen molar-refractivity contribution in [1.29, 1.82) is 0 Å². The van der Waals surface area contributed by atoms with Gasteiger partial charge in [-0.25, -0.2) is 32.1 Å². The molecule has 1 aliphatic rings. The number of hydrogen-bond acceptors (Lipinski definition) is 7. The van der Waals surface area contributed by atoms with Crippen LogP contribution in [0, 0.1) is 28.7 Å². The minimum Gasteiger partial charge on any atom is -0.273 e. The van der Waals surface area contributed by atoms with Gasteiger partial charge in [-0.2, -0.15) is 0 Å². The van der Waals surface area contributed by atoms with E-state index in [1.807, 2.05) is 0 Å². The lowest BCUT2D eigenvalue weighted by Gasteiger charge is -2.48. The molecule has 47 heavy (non-hydrogen) atoms. The van der Waals surface area contributed by atoms with Gasteiger partial charge in [0.05, 0.1) is 0 Å². The van der Waals surface area contributed by atoms with Gasteiger partial charge in [0, 0.05) is 26.9 Å². The van der Waals surface area contributed by atoms with Gasteiger partial charge in [-0.3, -0.25) is 29.9 Å². The van der Waals surface area contributed by atoms with Crippen molar-refractivity contribution >= 4 is 17.8 Å². The van der Waals surface area contributed by atoms with E-state index in [2.05, 4.69) is 0 Å². The first-order valence-corrected chi connectivity index (χ1v) is 14.1. The molecule has 1 aliphatic heterocycles. The monoisotopic (exact) mass is 652 g/mol. The van der Waals surface area contributed by atoms with Crippen LogP contribution >= 0.6 is 0 Å². The summed E-state index contributed by atoms with van der Waals surface area (Å²) in [5.41, 5.74) is -6.94. The Kier molecular flexibility index (Phi) is 9.02.